The SMILES string of the molecule is COC(=O)C(C(=O)Nc1cccc(OC)c1)c1ccc(OC)cc1OC. The third kappa shape index (κ3) is 4.24. The van der Waals surface area contributed by atoms with Crippen molar-refractivity contribution in [1.29, 1.82) is 0 Å². The molecule has 0 aromatic heterocycles. The van der Waals surface area contributed by atoms with Crippen LogP contribution < -0.4 is 19.5 Å². The van der Waals surface area contributed by atoms with E-state index in [1.165, 1.54) is 28.4 Å². The maximum absolute atomic E-state index is 12.8. The quantitative estimate of drug-likeness (QED) is 0.604. The Hall–Kier alpha value is -3.22. The van der Waals surface area contributed by atoms with Crippen molar-refractivity contribution in [2.75, 3.05) is 33.8 Å². The summed E-state index contributed by atoms with van der Waals surface area (Å²) in [4.78, 5) is 25.1. The van der Waals surface area contributed by atoms with Gasteiger partial charge in [-0.2, -0.15) is 0 Å². The Morgan fingerprint density at radius 3 is 2.19 bits per heavy atom. The number of carbonyl (C=O) groups is 2. The molecule has 26 heavy (non-hydrogen) atoms. The largest absolute Gasteiger partial charge is 0.497 e. The van der Waals surface area contributed by atoms with Crippen LogP contribution in [0.1, 0.15) is 11.5 Å². The van der Waals surface area contributed by atoms with Gasteiger partial charge in [-0.1, -0.05) is 12.1 Å². The number of methoxy groups -OCH3 is 4. The molecule has 0 saturated heterocycles. The molecular weight excluding hydrogens is 338 g/mol. The van der Waals surface area contributed by atoms with Crippen LogP contribution in [-0.4, -0.2) is 40.3 Å². The number of nitrogens with one attached hydrogen (secondary N) is 1. The van der Waals surface area contributed by atoms with Crippen LogP contribution in [0.25, 0.3) is 0 Å². The van der Waals surface area contributed by atoms with Gasteiger partial charge in [0.1, 0.15) is 17.2 Å². The Kier molecular flexibility index (Phi) is 6.43. The summed E-state index contributed by atoms with van der Waals surface area (Å²) in [5.74, 6) is -0.975. The molecule has 2 aromatic rings. The van der Waals surface area contributed by atoms with Gasteiger partial charge >= 0.3 is 5.97 Å². The number of esters is 1. The summed E-state index contributed by atoms with van der Waals surface area (Å²) in [6.07, 6.45) is 0. The fraction of sp³-hybridized carbons (Fsp3) is 0.263. The molecule has 1 amide bonds. The Bertz CT molecular complexity index is 789. The number of carbonyl (C=O) groups excluding carboxylic acids is 2. The molecule has 0 aliphatic heterocycles. The summed E-state index contributed by atoms with van der Waals surface area (Å²) in [5, 5.41) is 2.70. The molecule has 1 N–H and O–H groups in total. The Morgan fingerprint density at radius 1 is 0.885 bits per heavy atom. The van der Waals surface area contributed by atoms with E-state index in [9.17, 15) is 9.59 Å². The fourth-order valence-corrected chi connectivity index (χ4v) is 2.47. The number of rotatable bonds is 7. The molecule has 0 aliphatic carbocycles. The molecule has 0 spiro atoms. The van der Waals surface area contributed by atoms with Crippen LogP contribution in [0.5, 0.6) is 17.2 Å². The van der Waals surface area contributed by atoms with Gasteiger partial charge in [-0.05, 0) is 18.2 Å². The lowest BCUT2D eigenvalue weighted by molar-refractivity contribution is -0.145. The van der Waals surface area contributed by atoms with E-state index >= 15 is 0 Å². The molecule has 7 nitrogen and oxygen atoms in total. The maximum atomic E-state index is 12.8. The first-order chi connectivity index (χ1) is 12.5. The molecule has 0 saturated carbocycles. The van der Waals surface area contributed by atoms with E-state index in [1.807, 2.05) is 0 Å². The van der Waals surface area contributed by atoms with E-state index in [2.05, 4.69) is 5.32 Å². The normalized spacial score (nSPS) is 11.2. The van der Waals surface area contributed by atoms with Gasteiger partial charge in [0, 0.05) is 23.4 Å². The van der Waals surface area contributed by atoms with Gasteiger partial charge in [-0.25, -0.2) is 0 Å². The second-order valence-electron chi connectivity index (χ2n) is 5.29. The van der Waals surface area contributed by atoms with Crippen molar-refractivity contribution >= 4 is 17.6 Å². The first-order valence-corrected chi connectivity index (χ1v) is 7.78. The Morgan fingerprint density at radius 2 is 1.58 bits per heavy atom. The Labute approximate surface area is 151 Å². The molecule has 1 atom stereocenters. The number of hydrogen-bond acceptors (Lipinski definition) is 6. The summed E-state index contributed by atoms with van der Waals surface area (Å²) in [7, 11) is 5.72. The van der Waals surface area contributed by atoms with E-state index in [-0.39, 0.29) is 0 Å². The van der Waals surface area contributed by atoms with E-state index in [1.54, 1.807) is 42.5 Å². The second kappa shape index (κ2) is 8.75. The lowest BCUT2D eigenvalue weighted by Crippen LogP contribution is -2.29. The topological polar surface area (TPSA) is 83.1 Å². The molecule has 1 unspecified atom stereocenters. The molecule has 0 bridgehead atoms. The monoisotopic (exact) mass is 359 g/mol. The predicted octanol–water partition coefficient (Wildman–Crippen LogP) is 2.61. The minimum Gasteiger partial charge on any atom is -0.497 e. The van der Waals surface area contributed by atoms with Gasteiger partial charge in [0.05, 0.1) is 28.4 Å². The third-order valence-corrected chi connectivity index (χ3v) is 3.79. The van der Waals surface area contributed by atoms with Gasteiger partial charge in [0.15, 0.2) is 5.92 Å². The second-order valence-corrected chi connectivity index (χ2v) is 5.29. The zero-order chi connectivity index (χ0) is 19.1. The average Bonchev–Trinajstić information content (AvgIpc) is 2.68. The molecule has 7 heteroatoms. The minimum atomic E-state index is -1.20. The highest BCUT2D eigenvalue weighted by Gasteiger charge is 2.32. The number of amides is 1. The molecule has 0 fully saturated rings. The third-order valence-electron chi connectivity index (χ3n) is 3.79. The number of hydrogen-bond donors (Lipinski definition) is 1. The van der Waals surface area contributed by atoms with Crippen molar-refractivity contribution in [2.45, 2.75) is 5.92 Å². The van der Waals surface area contributed by atoms with E-state index in [0.29, 0.717) is 28.5 Å². The van der Waals surface area contributed by atoms with Crippen LogP contribution in [0.3, 0.4) is 0 Å². The van der Waals surface area contributed by atoms with Crippen molar-refractivity contribution in [3.8, 4) is 17.2 Å². The van der Waals surface area contributed by atoms with Crippen molar-refractivity contribution in [2.24, 2.45) is 0 Å². The Balaban J connectivity index is 2.38. The number of benzene rings is 2. The minimum absolute atomic E-state index is 0.348. The van der Waals surface area contributed by atoms with Crippen LogP contribution in [0.4, 0.5) is 5.69 Å². The smallest absolute Gasteiger partial charge is 0.322 e. The van der Waals surface area contributed by atoms with Gasteiger partial charge in [-0.3, -0.25) is 9.59 Å². The van der Waals surface area contributed by atoms with Crippen molar-refractivity contribution in [3.05, 3.63) is 48.0 Å². The summed E-state index contributed by atoms with van der Waals surface area (Å²) >= 11 is 0. The molecule has 0 heterocycles. The molecule has 0 radical (unpaired) electrons. The molecule has 2 rings (SSSR count). The van der Waals surface area contributed by atoms with Crippen molar-refractivity contribution in [3.63, 3.8) is 0 Å². The lowest BCUT2D eigenvalue weighted by Gasteiger charge is -2.18. The summed E-state index contributed by atoms with van der Waals surface area (Å²) < 4.78 is 20.4. The van der Waals surface area contributed by atoms with Crippen LogP contribution in [-0.2, 0) is 14.3 Å². The standard InChI is InChI=1S/C19H21NO6/c1-23-13-7-5-6-12(10-13)20-18(21)17(19(22)26-4)15-9-8-14(24-2)11-16(15)25-3/h5-11,17H,1-4H3,(H,20,21). The number of ether oxygens (including phenoxy) is 4. The molecule has 0 aliphatic rings. The van der Waals surface area contributed by atoms with Gasteiger partial charge in [0.25, 0.3) is 0 Å². The highest BCUT2D eigenvalue weighted by molar-refractivity contribution is 6.09. The van der Waals surface area contributed by atoms with Gasteiger partial charge in [-0.15, -0.1) is 0 Å². The van der Waals surface area contributed by atoms with Gasteiger partial charge < -0.3 is 24.3 Å². The highest BCUT2D eigenvalue weighted by Crippen LogP contribution is 2.32. The zero-order valence-electron chi connectivity index (χ0n) is 15.1. The molecular formula is C19H21NO6. The van der Waals surface area contributed by atoms with E-state index in [0.717, 1.165) is 0 Å². The van der Waals surface area contributed by atoms with Crippen molar-refractivity contribution in [1.82, 2.24) is 0 Å². The van der Waals surface area contributed by atoms with Crippen LogP contribution in [0.2, 0.25) is 0 Å². The molecule has 2 aromatic carbocycles. The van der Waals surface area contributed by atoms with Crippen LogP contribution in [0, 0.1) is 0 Å². The highest BCUT2D eigenvalue weighted by atomic mass is 16.5. The summed E-state index contributed by atoms with van der Waals surface area (Å²) in [6, 6.07) is 11.7. The predicted molar refractivity (Wildman–Crippen MR) is 95.9 cm³/mol. The van der Waals surface area contributed by atoms with Crippen molar-refractivity contribution < 1.29 is 28.5 Å². The summed E-state index contributed by atoms with van der Waals surface area (Å²) in [6.45, 7) is 0. The maximum Gasteiger partial charge on any atom is 0.322 e. The van der Waals surface area contributed by atoms with Gasteiger partial charge in [0.2, 0.25) is 5.91 Å². The van der Waals surface area contributed by atoms with E-state index < -0.39 is 17.8 Å². The first kappa shape index (κ1) is 19.1. The first-order valence-electron chi connectivity index (χ1n) is 7.78. The average molecular weight is 359 g/mol. The number of anilines is 1. The summed E-state index contributed by atoms with van der Waals surface area (Å²) in [5.41, 5.74) is 0.872. The van der Waals surface area contributed by atoms with Crippen LogP contribution >= 0.6 is 0 Å². The van der Waals surface area contributed by atoms with E-state index in [4.69, 9.17) is 18.9 Å². The molecule has 138 valence electrons. The lowest BCUT2D eigenvalue weighted by atomic mass is 9.96. The fourth-order valence-electron chi connectivity index (χ4n) is 2.47. The van der Waals surface area contributed by atoms with Crippen LogP contribution in [0.15, 0.2) is 42.5 Å². The zero-order valence-corrected chi connectivity index (χ0v) is 15.1.